The molecule has 38 heavy (non-hydrogen) atoms. The summed E-state index contributed by atoms with van der Waals surface area (Å²) in [4.78, 5) is 19.5. The van der Waals surface area contributed by atoms with Crippen molar-refractivity contribution in [2.75, 3.05) is 18.8 Å². The third-order valence-corrected chi connectivity index (χ3v) is 9.46. The molecule has 0 aliphatic carbocycles. The number of alkyl halides is 3. The Hall–Kier alpha value is -2.14. The highest BCUT2D eigenvalue weighted by Crippen LogP contribution is 2.39. The topological polar surface area (TPSA) is 72.3 Å². The van der Waals surface area contributed by atoms with Crippen molar-refractivity contribution in [2.24, 2.45) is 5.92 Å². The highest BCUT2D eigenvalue weighted by Gasteiger charge is 2.37. The fraction of sp³-hybridized carbons (Fsp3) is 0.462. The van der Waals surface area contributed by atoms with Crippen LogP contribution in [0, 0.1) is 5.92 Å². The molecule has 2 aromatic carbocycles. The average Bonchev–Trinajstić information content (AvgIpc) is 3.29. The summed E-state index contributed by atoms with van der Waals surface area (Å²) in [6, 6.07) is 5.00. The van der Waals surface area contributed by atoms with Crippen LogP contribution in [0.15, 0.2) is 40.3 Å². The lowest BCUT2D eigenvalue weighted by molar-refractivity contribution is -0.138. The summed E-state index contributed by atoms with van der Waals surface area (Å²) >= 11 is 12.6. The highest BCUT2D eigenvalue weighted by molar-refractivity contribution is 7.91. The number of hydrogen-bond donors (Lipinski definition) is 0. The maximum absolute atomic E-state index is 14.2. The van der Waals surface area contributed by atoms with Crippen LogP contribution in [0.1, 0.15) is 49.8 Å². The summed E-state index contributed by atoms with van der Waals surface area (Å²) in [6.45, 7) is 4.70. The molecule has 1 aliphatic rings. The Balaban J connectivity index is 1.79. The molecule has 0 spiro atoms. The van der Waals surface area contributed by atoms with Gasteiger partial charge in [-0.25, -0.2) is 13.4 Å². The van der Waals surface area contributed by atoms with Gasteiger partial charge in [-0.2, -0.15) is 13.2 Å². The SMILES string of the molecule is CCC[C@@H]1CCN(Cc2c(C(F)(F)F)cc3c(=O)n(Cc4cc(Cl)ccc4S(=O)(=O)CC)cnc3c2Cl)C1. The number of fused-ring (bicyclic) bond motifs is 1. The van der Waals surface area contributed by atoms with E-state index in [2.05, 4.69) is 11.9 Å². The molecule has 1 aliphatic heterocycles. The van der Waals surface area contributed by atoms with Crippen LogP contribution in [-0.2, 0) is 29.1 Å². The molecule has 0 unspecified atom stereocenters. The molecule has 1 atom stereocenters. The molecule has 1 aromatic heterocycles. The quantitative estimate of drug-likeness (QED) is 0.313. The van der Waals surface area contributed by atoms with E-state index in [1.165, 1.54) is 31.5 Å². The van der Waals surface area contributed by atoms with Gasteiger partial charge >= 0.3 is 6.18 Å². The molecular formula is C26H28Cl2F3N3O3S. The Morgan fingerprint density at radius 3 is 2.53 bits per heavy atom. The molecule has 0 bridgehead atoms. The van der Waals surface area contributed by atoms with Crippen LogP contribution >= 0.6 is 23.2 Å². The second-order valence-electron chi connectivity index (χ2n) is 9.62. The first kappa shape index (κ1) is 28.9. The Labute approximate surface area is 229 Å². The van der Waals surface area contributed by atoms with Gasteiger partial charge < -0.3 is 0 Å². The van der Waals surface area contributed by atoms with Gasteiger partial charge in [0.05, 0.1) is 45.0 Å². The molecule has 6 nitrogen and oxygen atoms in total. The summed E-state index contributed by atoms with van der Waals surface area (Å²) in [7, 11) is -3.65. The number of aromatic nitrogens is 2. The lowest BCUT2D eigenvalue weighted by atomic mass is 10.0. The number of benzene rings is 2. The van der Waals surface area contributed by atoms with Gasteiger partial charge in [-0.15, -0.1) is 0 Å². The number of sulfone groups is 1. The zero-order valence-corrected chi connectivity index (χ0v) is 23.3. The van der Waals surface area contributed by atoms with Crippen molar-refractivity contribution in [1.29, 1.82) is 0 Å². The minimum Gasteiger partial charge on any atom is -0.299 e. The van der Waals surface area contributed by atoms with Crippen LogP contribution in [0.25, 0.3) is 10.9 Å². The molecule has 0 radical (unpaired) electrons. The zero-order chi connectivity index (χ0) is 27.8. The number of halogens is 5. The molecule has 12 heteroatoms. The minimum absolute atomic E-state index is 0.00671. The van der Waals surface area contributed by atoms with Crippen LogP contribution in [0.4, 0.5) is 13.2 Å². The Bertz CT molecular complexity index is 1520. The van der Waals surface area contributed by atoms with Crippen molar-refractivity contribution in [2.45, 2.75) is 57.3 Å². The highest BCUT2D eigenvalue weighted by atomic mass is 35.5. The van der Waals surface area contributed by atoms with Crippen LogP contribution < -0.4 is 5.56 Å². The third kappa shape index (κ3) is 5.88. The van der Waals surface area contributed by atoms with E-state index in [0.717, 1.165) is 29.9 Å². The first-order valence-electron chi connectivity index (χ1n) is 12.4. The van der Waals surface area contributed by atoms with Crippen LogP contribution in [0.3, 0.4) is 0 Å². The summed E-state index contributed by atoms with van der Waals surface area (Å²) in [5.41, 5.74) is -1.62. The predicted molar refractivity (Wildman–Crippen MR) is 143 cm³/mol. The Morgan fingerprint density at radius 2 is 1.87 bits per heavy atom. The summed E-state index contributed by atoms with van der Waals surface area (Å²) in [5, 5.41) is -0.234. The van der Waals surface area contributed by atoms with E-state index in [1.54, 1.807) is 0 Å². The van der Waals surface area contributed by atoms with E-state index >= 15 is 0 Å². The van der Waals surface area contributed by atoms with Crippen molar-refractivity contribution < 1.29 is 21.6 Å². The van der Waals surface area contributed by atoms with Crippen molar-refractivity contribution in [3.8, 4) is 0 Å². The van der Waals surface area contributed by atoms with E-state index in [1.807, 2.05) is 4.90 Å². The van der Waals surface area contributed by atoms with E-state index in [0.29, 0.717) is 19.0 Å². The third-order valence-electron chi connectivity index (χ3n) is 6.99. The van der Waals surface area contributed by atoms with Crippen molar-refractivity contribution in [1.82, 2.24) is 14.5 Å². The van der Waals surface area contributed by atoms with E-state index in [-0.39, 0.29) is 55.8 Å². The number of hydrogen-bond acceptors (Lipinski definition) is 5. The van der Waals surface area contributed by atoms with Crippen molar-refractivity contribution in [3.63, 3.8) is 0 Å². The molecule has 3 aromatic rings. The van der Waals surface area contributed by atoms with Crippen molar-refractivity contribution in [3.05, 3.63) is 67.7 Å². The second-order valence-corrected chi connectivity index (χ2v) is 12.7. The molecule has 1 fully saturated rings. The maximum atomic E-state index is 14.2. The van der Waals surface area contributed by atoms with Gasteiger partial charge in [0, 0.05) is 18.1 Å². The number of rotatable bonds is 8. The monoisotopic (exact) mass is 589 g/mol. The zero-order valence-electron chi connectivity index (χ0n) is 21.0. The van der Waals surface area contributed by atoms with Crippen LogP contribution in [0.2, 0.25) is 10.0 Å². The first-order valence-corrected chi connectivity index (χ1v) is 14.8. The van der Waals surface area contributed by atoms with Gasteiger partial charge in [0.2, 0.25) is 0 Å². The Morgan fingerprint density at radius 1 is 1.13 bits per heavy atom. The van der Waals surface area contributed by atoms with Crippen LogP contribution in [-0.4, -0.2) is 41.7 Å². The van der Waals surface area contributed by atoms with E-state index < -0.39 is 27.1 Å². The minimum atomic E-state index is -4.74. The molecule has 206 valence electrons. The molecule has 1 saturated heterocycles. The summed E-state index contributed by atoms with van der Waals surface area (Å²) in [5.74, 6) is 0.266. The molecular weight excluding hydrogens is 562 g/mol. The first-order chi connectivity index (χ1) is 17.9. The number of likely N-dealkylation sites (tertiary alicyclic amines) is 1. The van der Waals surface area contributed by atoms with Gasteiger partial charge in [-0.3, -0.25) is 14.3 Å². The van der Waals surface area contributed by atoms with E-state index in [4.69, 9.17) is 23.2 Å². The largest absolute Gasteiger partial charge is 0.416 e. The summed E-state index contributed by atoms with van der Waals surface area (Å²) in [6.07, 6.45) is -0.617. The standard InChI is InChI=1S/C26H28Cl2F3N3O3S/c1-3-5-16-8-9-33(12-16)14-20-21(26(29,30)31)11-19-24(23(20)28)32-15-34(25(19)35)13-17-10-18(27)6-7-22(17)38(36,37)4-2/h6-7,10-11,15-16H,3-5,8-9,12-14H2,1-2H3/t16-/m1/s1. The summed E-state index contributed by atoms with van der Waals surface area (Å²) < 4.78 is 68.8. The smallest absolute Gasteiger partial charge is 0.299 e. The molecule has 2 heterocycles. The van der Waals surface area contributed by atoms with Gasteiger partial charge in [0.15, 0.2) is 9.84 Å². The normalized spacial score (nSPS) is 17.0. The molecule has 0 N–H and O–H groups in total. The fourth-order valence-corrected chi connectivity index (χ4v) is 6.68. The van der Waals surface area contributed by atoms with Gasteiger partial charge in [-0.1, -0.05) is 43.5 Å². The predicted octanol–water partition coefficient (Wildman–Crippen LogP) is 6.19. The van der Waals surface area contributed by atoms with Gasteiger partial charge in [0.1, 0.15) is 0 Å². The second kappa shape index (κ2) is 11.2. The average molecular weight is 590 g/mol. The Kier molecular flexibility index (Phi) is 8.47. The number of nitrogens with zero attached hydrogens (tertiary/aromatic N) is 3. The molecule has 4 rings (SSSR count). The van der Waals surface area contributed by atoms with Gasteiger partial charge in [0.25, 0.3) is 5.56 Å². The van der Waals surface area contributed by atoms with Crippen LogP contribution in [0.5, 0.6) is 0 Å². The fourth-order valence-electron chi connectivity index (χ4n) is 5.06. The van der Waals surface area contributed by atoms with Gasteiger partial charge in [-0.05, 0) is 60.7 Å². The molecule has 0 saturated carbocycles. The lowest BCUT2D eigenvalue weighted by Gasteiger charge is -2.22. The van der Waals surface area contributed by atoms with Crippen molar-refractivity contribution >= 4 is 43.9 Å². The molecule has 0 amide bonds. The van der Waals surface area contributed by atoms with E-state index in [9.17, 15) is 26.4 Å². The lowest BCUT2D eigenvalue weighted by Crippen LogP contribution is -2.25. The maximum Gasteiger partial charge on any atom is 0.416 e.